The zero-order valence-electron chi connectivity index (χ0n) is 18.2. The third-order valence-electron chi connectivity index (χ3n) is 4.75. The second-order valence-corrected chi connectivity index (χ2v) is 10.4. The smallest absolute Gasteiger partial charge is 0.155 e. The summed E-state index contributed by atoms with van der Waals surface area (Å²) in [6.07, 6.45) is 6.04. The largest absolute Gasteiger partial charge is 0.353 e. The van der Waals surface area contributed by atoms with E-state index in [0.29, 0.717) is 6.61 Å². The van der Waals surface area contributed by atoms with Gasteiger partial charge in [0.2, 0.25) is 0 Å². The van der Waals surface area contributed by atoms with Crippen LogP contribution in [0.4, 0.5) is 0 Å². The highest BCUT2D eigenvalue weighted by Gasteiger charge is 2.31. The maximum Gasteiger partial charge on any atom is 0.155 e. The summed E-state index contributed by atoms with van der Waals surface area (Å²) in [6, 6.07) is 2.07. The molecule has 146 valence electrons. The third kappa shape index (κ3) is 4.56. The number of rotatable bonds is 5. The van der Waals surface area contributed by atoms with Gasteiger partial charge >= 0.3 is 0 Å². The van der Waals surface area contributed by atoms with Gasteiger partial charge in [0, 0.05) is 28.8 Å². The molecular weight excluding hydrogens is 324 g/mol. The van der Waals surface area contributed by atoms with Crippen LogP contribution in [0.15, 0.2) is 24.8 Å². The van der Waals surface area contributed by atoms with Crippen molar-refractivity contribution in [3.05, 3.63) is 36.2 Å². The van der Waals surface area contributed by atoms with E-state index in [0.717, 1.165) is 11.4 Å². The Morgan fingerprint density at radius 3 is 2.00 bits per heavy atom. The van der Waals surface area contributed by atoms with E-state index in [1.807, 2.05) is 17.2 Å². The molecule has 0 radical (unpaired) electrons. The highest BCUT2D eigenvalue weighted by atomic mass is 16.5. The van der Waals surface area contributed by atoms with Gasteiger partial charge in [-0.1, -0.05) is 34.6 Å². The summed E-state index contributed by atoms with van der Waals surface area (Å²) < 4.78 is 10.4. The van der Waals surface area contributed by atoms with Gasteiger partial charge in [-0.2, -0.15) is 5.10 Å². The van der Waals surface area contributed by atoms with Crippen LogP contribution in [0.5, 0.6) is 0 Å². The molecule has 0 amide bonds. The molecule has 0 saturated heterocycles. The molecular formula is C21H36N4O. The van der Waals surface area contributed by atoms with Crippen molar-refractivity contribution in [2.45, 2.75) is 91.3 Å². The van der Waals surface area contributed by atoms with Gasteiger partial charge in [-0.05, 0) is 40.7 Å². The molecule has 0 fully saturated rings. The first-order valence-electron chi connectivity index (χ1n) is 9.38. The van der Waals surface area contributed by atoms with Gasteiger partial charge in [0.15, 0.2) is 5.72 Å². The number of hydrogen-bond donors (Lipinski definition) is 0. The van der Waals surface area contributed by atoms with Crippen LogP contribution in [-0.4, -0.2) is 25.9 Å². The summed E-state index contributed by atoms with van der Waals surface area (Å²) in [5.74, 6) is 0. The van der Waals surface area contributed by atoms with Crippen LogP contribution in [0.25, 0.3) is 0 Å². The molecule has 5 nitrogen and oxygen atoms in total. The van der Waals surface area contributed by atoms with Crippen LogP contribution < -0.4 is 0 Å². The molecule has 0 atom stereocenters. The Balaban J connectivity index is 2.12. The van der Waals surface area contributed by atoms with Crippen LogP contribution in [-0.2, 0) is 26.8 Å². The molecule has 5 heteroatoms. The van der Waals surface area contributed by atoms with Crippen LogP contribution in [0.3, 0.4) is 0 Å². The van der Waals surface area contributed by atoms with Gasteiger partial charge in [-0.3, -0.25) is 0 Å². The van der Waals surface area contributed by atoms with Gasteiger partial charge in [0.25, 0.3) is 0 Å². The highest BCUT2D eigenvalue weighted by Crippen LogP contribution is 2.28. The van der Waals surface area contributed by atoms with Crippen molar-refractivity contribution in [2.75, 3.05) is 6.61 Å². The summed E-state index contributed by atoms with van der Waals surface area (Å²) >= 11 is 0. The van der Waals surface area contributed by atoms with E-state index in [-0.39, 0.29) is 16.4 Å². The molecule has 0 aliphatic rings. The lowest BCUT2D eigenvalue weighted by atomic mass is 9.91. The van der Waals surface area contributed by atoms with E-state index in [9.17, 15) is 0 Å². The summed E-state index contributed by atoms with van der Waals surface area (Å²) in [6.45, 7) is 22.0. The average molecular weight is 361 g/mol. The predicted molar refractivity (Wildman–Crippen MR) is 106 cm³/mol. The SMILES string of the molecule is CC(C)(C)c1ccn(C(C)(C)OCC(C)(C)c2cn(C(C)(C)C)cn2)n1. The fourth-order valence-electron chi connectivity index (χ4n) is 2.56. The first kappa shape index (κ1) is 20.7. The minimum absolute atomic E-state index is 0.0277. The predicted octanol–water partition coefficient (Wildman–Crippen LogP) is 4.82. The normalized spacial score (nSPS) is 14.1. The maximum atomic E-state index is 6.31. The standard InChI is InChI=1S/C21H36N4O/c1-18(2,3)16-11-12-25(23-16)21(9,10)26-14-20(7,8)17-13-24(15-22-17)19(4,5)6/h11-13,15H,14H2,1-10H3. The number of nitrogens with zero attached hydrogens (tertiary/aromatic N) is 4. The molecule has 2 heterocycles. The van der Waals surface area contributed by atoms with Crippen molar-refractivity contribution in [3.8, 4) is 0 Å². The molecule has 26 heavy (non-hydrogen) atoms. The Labute approximate surface area is 158 Å². The Bertz CT molecular complexity index is 674. The molecule has 0 saturated carbocycles. The van der Waals surface area contributed by atoms with Gasteiger partial charge < -0.3 is 9.30 Å². The van der Waals surface area contributed by atoms with Crippen LogP contribution in [0.1, 0.15) is 80.6 Å². The second kappa shape index (κ2) is 6.52. The van der Waals surface area contributed by atoms with E-state index in [1.165, 1.54) is 0 Å². The van der Waals surface area contributed by atoms with Crippen LogP contribution >= 0.6 is 0 Å². The third-order valence-corrected chi connectivity index (χ3v) is 4.75. The fourth-order valence-corrected chi connectivity index (χ4v) is 2.56. The lowest BCUT2D eigenvalue weighted by Crippen LogP contribution is -2.36. The highest BCUT2D eigenvalue weighted by molar-refractivity contribution is 5.13. The lowest BCUT2D eigenvalue weighted by molar-refractivity contribution is -0.102. The van der Waals surface area contributed by atoms with Gasteiger partial charge in [0.05, 0.1) is 24.3 Å². The molecule has 2 aromatic rings. The van der Waals surface area contributed by atoms with Crippen molar-refractivity contribution >= 4 is 0 Å². The average Bonchev–Trinajstić information content (AvgIpc) is 3.13. The molecule has 0 bridgehead atoms. The van der Waals surface area contributed by atoms with Crippen molar-refractivity contribution in [3.63, 3.8) is 0 Å². The summed E-state index contributed by atoms with van der Waals surface area (Å²) in [4.78, 5) is 4.62. The summed E-state index contributed by atoms with van der Waals surface area (Å²) in [5.41, 5.74) is 1.46. The molecule has 2 aromatic heterocycles. The van der Waals surface area contributed by atoms with Crippen molar-refractivity contribution in [1.82, 2.24) is 19.3 Å². The first-order valence-corrected chi connectivity index (χ1v) is 9.38. The fraction of sp³-hybridized carbons (Fsp3) is 0.714. The topological polar surface area (TPSA) is 44.9 Å². The molecule has 2 rings (SSSR count). The Kier molecular flexibility index (Phi) is 5.19. The molecule has 0 spiro atoms. The van der Waals surface area contributed by atoms with E-state index in [1.54, 1.807) is 0 Å². The number of hydrogen-bond acceptors (Lipinski definition) is 3. The zero-order chi connectivity index (χ0) is 20.0. The van der Waals surface area contributed by atoms with Crippen LogP contribution in [0.2, 0.25) is 0 Å². The molecule has 0 aromatic carbocycles. The minimum atomic E-state index is -0.520. The van der Waals surface area contributed by atoms with E-state index < -0.39 is 5.72 Å². The number of aromatic nitrogens is 4. The quantitative estimate of drug-likeness (QED) is 0.768. The van der Waals surface area contributed by atoms with Crippen molar-refractivity contribution < 1.29 is 4.74 Å². The summed E-state index contributed by atoms with van der Waals surface area (Å²) in [5, 5.41) is 4.73. The van der Waals surface area contributed by atoms with Crippen molar-refractivity contribution in [2.24, 2.45) is 0 Å². The monoisotopic (exact) mass is 360 g/mol. The maximum absolute atomic E-state index is 6.31. The summed E-state index contributed by atoms with van der Waals surface area (Å²) in [7, 11) is 0. The van der Waals surface area contributed by atoms with Crippen molar-refractivity contribution in [1.29, 1.82) is 0 Å². The zero-order valence-corrected chi connectivity index (χ0v) is 18.2. The Morgan fingerprint density at radius 1 is 0.923 bits per heavy atom. The first-order chi connectivity index (χ1) is 11.6. The molecule has 0 unspecified atom stereocenters. The van der Waals surface area contributed by atoms with Gasteiger partial charge in [-0.25, -0.2) is 9.67 Å². The molecule has 0 aliphatic carbocycles. The minimum Gasteiger partial charge on any atom is -0.353 e. The van der Waals surface area contributed by atoms with Gasteiger partial charge in [0.1, 0.15) is 0 Å². The number of ether oxygens (including phenoxy) is 1. The molecule has 0 aliphatic heterocycles. The van der Waals surface area contributed by atoms with E-state index in [2.05, 4.69) is 91.1 Å². The van der Waals surface area contributed by atoms with Gasteiger partial charge in [-0.15, -0.1) is 0 Å². The van der Waals surface area contributed by atoms with E-state index >= 15 is 0 Å². The lowest BCUT2D eigenvalue weighted by Gasteiger charge is -2.31. The Morgan fingerprint density at radius 2 is 1.54 bits per heavy atom. The van der Waals surface area contributed by atoms with E-state index in [4.69, 9.17) is 9.84 Å². The van der Waals surface area contributed by atoms with Crippen LogP contribution in [0, 0.1) is 0 Å². The second-order valence-electron chi connectivity index (χ2n) is 10.4. The Hall–Kier alpha value is -1.62. The number of imidazole rings is 1. The molecule has 0 N–H and O–H groups in total.